The first-order chi connectivity index (χ1) is 11.4. The summed E-state index contributed by atoms with van der Waals surface area (Å²) in [4.78, 5) is 18.3. The molecule has 2 fully saturated rings. The molecule has 1 amide bonds. The van der Waals surface area contributed by atoms with Crippen LogP contribution in [0.2, 0.25) is 0 Å². The topological polar surface area (TPSA) is 54.6 Å². The second kappa shape index (κ2) is 6.89. The van der Waals surface area contributed by atoms with Gasteiger partial charge in [0.25, 0.3) is 5.91 Å². The van der Waals surface area contributed by atoms with Crippen molar-refractivity contribution in [3.8, 4) is 0 Å². The van der Waals surface area contributed by atoms with E-state index in [4.69, 9.17) is 9.47 Å². The molecule has 0 radical (unpaired) electrons. The van der Waals surface area contributed by atoms with Gasteiger partial charge in [0, 0.05) is 36.5 Å². The first-order valence-electron chi connectivity index (χ1n) is 9.10. The molecular weight excluding hydrogens is 304 g/mol. The summed E-state index contributed by atoms with van der Waals surface area (Å²) in [5.74, 6) is 0.129. The highest BCUT2D eigenvalue weighted by molar-refractivity contribution is 5.95. The Balaban J connectivity index is 1.79. The zero-order chi connectivity index (χ0) is 17.3. The van der Waals surface area contributed by atoms with Gasteiger partial charge in [0.1, 0.15) is 0 Å². The van der Waals surface area contributed by atoms with Gasteiger partial charge >= 0.3 is 0 Å². The van der Waals surface area contributed by atoms with Gasteiger partial charge in [0.15, 0.2) is 0 Å². The number of nitrogens with one attached hydrogen (secondary N) is 1. The lowest BCUT2D eigenvalue weighted by molar-refractivity contribution is -0.152. The number of hydrogen-bond acceptors (Lipinski definition) is 3. The smallest absolute Gasteiger partial charge is 0.255 e. The van der Waals surface area contributed by atoms with Crippen molar-refractivity contribution in [1.82, 2.24) is 9.88 Å². The van der Waals surface area contributed by atoms with Crippen LogP contribution in [0.25, 0.3) is 0 Å². The van der Waals surface area contributed by atoms with E-state index in [0.29, 0.717) is 6.61 Å². The number of hydrogen-bond donors (Lipinski definition) is 1. The van der Waals surface area contributed by atoms with Gasteiger partial charge in [-0.1, -0.05) is 0 Å². The highest BCUT2D eigenvalue weighted by atomic mass is 16.5. The molecule has 1 N–H and O–H groups in total. The van der Waals surface area contributed by atoms with Gasteiger partial charge < -0.3 is 19.4 Å². The van der Waals surface area contributed by atoms with E-state index in [1.807, 2.05) is 24.8 Å². The van der Waals surface area contributed by atoms with Gasteiger partial charge in [-0.05, 0) is 53.0 Å². The lowest BCUT2D eigenvalue weighted by atomic mass is 9.73. The fourth-order valence-corrected chi connectivity index (χ4v) is 4.12. The van der Waals surface area contributed by atoms with E-state index in [1.165, 1.54) is 0 Å². The highest BCUT2D eigenvalue weighted by Gasteiger charge is 2.47. The standard InChI is InChI=1S/C19H30N2O3/c1-13(2)24-12-19-7-5-9-23-17(19)6-8-21(11-19)18(22)16-10-14(3)20-15(16)4/h10,13,17,20H,5-9,11-12H2,1-4H3. The summed E-state index contributed by atoms with van der Waals surface area (Å²) >= 11 is 0. The van der Waals surface area contributed by atoms with E-state index in [2.05, 4.69) is 18.8 Å². The monoisotopic (exact) mass is 334 g/mol. The van der Waals surface area contributed by atoms with Crippen molar-refractivity contribution in [3.05, 3.63) is 23.0 Å². The van der Waals surface area contributed by atoms with Crippen molar-refractivity contribution in [2.45, 2.75) is 59.2 Å². The Bertz CT molecular complexity index is 595. The zero-order valence-corrected chi connectivity index (χ0v) is 15.4. The van der Waals surface area contributed by atoms with Gasteiger partial charge in [-0.15, -0.1) is 0 Å². The minimum atomic E-state index is -0.0598. The lowest BCUT2D eigenvalue weighted by Gasteiger charge is -2.50. The molecule has 1 aromatic rings. The number of H-pyrrole nitrogens is 1. The van der Waals surface area contributed by atoms with E-state index in [0.717, 1.165) is 55.9 Å². The Labute approximate surface area is 144 Å². The SMILES string of the molecule is Cc1cc(C(=O)N2CCC3OCCCC3(COC(C)C)C2)c(C)[nH]1. The maximum Gasteiger partial charge on any atom is 0.255 e. The van der Waals surface area contributed by atoms with Gasteiger partial charge in [0.2, 0.25) is 0 Å². The third-order valence-electron chi connectivity index (χ3n) is 5.36. The Kier molecular flexibility index (Phi) is 5.02. The van der Waals surface area contributed by atoms with Crippen LogP contribution in [0.1, 0.15) is 54.9 Å². The molecule has 1 aromatic heterocycles. The predicted octanol–water partition coefficient (Wildman–Crippen LogP) is 3.07. The Morgan fingerprint density at radius 3 is 2.96 bits per heavy atom. The summed E-state index contributed by atoms with van der Waals surface area (Å²) < 4.78 is 12.0. The Hall–Kier alpha value is -1.33. The van der Waals surface area contributed by atoms with Crippen molar-refractivity contribution in [2.75, 3.05) is 26.3 Å². The summed E-state index contributed by atoms with van der Waals surface area (Å²) in [5.41, 5.74) is 2.72. The number of aromatic amines is 1. The largest absolute Gasteiger partial charge is 0.378 e. The number of amides is 1. The average Bonchev–Trinajstić information content (AvgIpc) is 2.90. The third-order valence-corrected chi connectivity index (χ3v) is 5.36. The minimum absolute atomic E-state index is 0.0598. The molecule has 0 bridgehead atoms. The van der Waals surface area contributed by atoms with Crippen LogP contribution in [0.15, 0.2) is 6.07 Å². The van der Waals surface area contributed by atoms with E-state index < -0.39 is 0 Å². The molecule has 0 spiro atoms. The fraction of sp³-hybridized carbons (Fsp3) is 0.737. The maximum atomic E-state index is 13.0. The number of rotatable bonds is 4. The van der Waals surface area contributed by atoms with Gasteiger partial charge in [-0.2, -0.15) is 0 Å². The van der Waals surface area contributed by atoms with E-state index >= 15 is 0 Å². The normalized spacial score (nSPS) is 27.4. The van der Waals surface area contributed by atoms with Crippen LogP contribution in [0.5, 0.6) is 0 Å². The molecule has 0 aliphatic carbocycles. The molecule has 3 heterocycles. The predicted molar refractivity (Wildman–Crippen MR) is 93.3 cm³/mol. The van der Waals surface area contributed by atoms with Crippen molar-refractivity contribution in [1.29, 1.82) is 0 Å². The maximum absolute atomic E-state index is 13.0. The van der Waals surface area contributed by atoms with E-state index in [-0.39, 0.29) is 23.5 Å². The fourth-order valence-electron chi connectivity index (χ4n) is 4.12. The van der Waals surface area contributed by atoms with Gasteiger partial charge in [-0.3, -0.25) is 4.79 Å². The summed E-state index contributed by atoms with van der Waals surface area (Å²) in [7, 11) is 0. The molecule has 134 valence electrons. The first kappa shape index (κ1) is 17.5. The third kappa shape index (κ3) is 3.38. The zero-order valence-electron chi connectivity index (χ0n) is 15.4. The molecule has 2 aliphatic rings. The molecule has 3 rings (SSSR count). The quantitative estimate of drug-likeness (QED) is 0.921. The number of piperidine rings is 1. The summed E-state index contributed by atoms with van der Waals surface area (Å²) in [6, 6.07) is 1.96. The molecule has 2 aliphatic heterocycles. The second-order valence-corrected chi connectivity index (χ2v) is 7.69. The summed E-state index contributed by atoms with van der Waals surface area (Å²) in [6.07, 6.45) is 3.42. The number of nitrogens with zero attached hydrogens (tertiary/aromatic N) is 1. The molecule has 2 unspecified atom stereocenters. The lowest BCUT2D eigenvalue weighted by Crippen LogP contribution is -2.58. The van der Waals surface area contributed by atoms with E-state index in [1.54, 1.807) is 0 Å². The molecule has 5 heteroatoms. The van der Waals surface area contributed by atoms with Crippen LogP contribution in [0, 0.1) is 19.3 Å². The Morgan fingerprint density at radius 2 is 2.29 bits per heavy atom. The van der Waals surface area contributed by atoms with Crippen LogP contribution in [-0.4, -0.2) is 54.3 Å². The number of ether oxygens (including phenoxy) is 2. The number of fused-ring (bicyclic) bond motifs is 1. The van der Waals surface area contributed by atoms with Crippen LogP contribution in [0.3, 0.4) is 0 Å². The van der Waals surface area contributed by atoms with Crippen molar-refractivity contribution in [2.24, 2.45) is 5.41 Å². The van der Waals surface area contributed by atoms with Crippen LogP contribution < -0.4 is 0 Å². The number of carbonyl (C=O) groups is 1. The van der Waals surface area contributed by atoms with Gasteiger partial charge in [0.05, 0.1) is 24.4 Å². The van der Waals surface area contributed by atoms with Crippen LogP contribution in [0.4, 0.5) is 0 Å². The number of aromatic nitrogens is 1. The molecule has 24 heavy (non-hydrogen) atoms. The van der Waals surface area contributed by atoms with Gasteiger partial charge in [-0.25, -0.2) is 0 Å². The number of aryl methyl sites for hydroxylation is 2. The average molecular weight is 334 g/mol. The molecule has 2 atom stereocenters. The number of likely N-dealkylation sites (tertiary alicyclic amines) is 1. The van der Waals surface area contributed by atoms with Crippen LogP contribution in [-0.2, 0) is 9.47 Å². The van der Waals surface area contributed by atoms with E-state index in [9.17, 15) is 4.79 Å². The van der Waals surface area contributed by atoms with Crippen molar-refractivity contribution < 1.29 is 14.3 Å². The Morgan fingerprint density at radius 1 is 1.50 bits per heavy atom. The molecule has 5 nitrogen and oxygen atoms in total. The molecule has 2 saturated heterocycles. The molecule has 0 aromatic carbocycles. The molecular formula is C19H30N2O3. The summed E-state index contributed by atoms with van der Waals surface area (Å²) in [5, 5.41) is 0. The molecule has 0 saturated carbocycles. The minimum Gasteiger partial charge on any atom is -0.378 e. The second-order valence-electron chi connectivity index (χ2n) is 7.69. The van der Waals surface area contributed by atoms with Crippen molar-refractivity contribution in [3.63, 3.8) is 0 Å². The summed E-state index contributed by atoms with van der Waals surface area (Å²) in [6.45, 7) is 11.1. The van der Waals surface area contributed by atoms with Crippen molar-refractivity contribution >= 4 is 5.91 Å². The van der Waals surface area contributed by atoms with Crippen LogP contribution >= 0.6 is 0 Å². The first-order valence-corrected chi connectivity index (χ1v) is 9.10. The number of carbonyl (C=O) groups excluding carboxylic acids is 1. The highest BCUT2D eigenvalue weighted by Crippen LogP contribution is 2.41.